The van der Waals surface area contributed by atoms with E-state index in [9.17, 15) is 22.4 Å². The number of halogens is 4. The van der Waals surface area contributed by atoms with E-state index in [1.165, 1.54) is 30.3 Å². The summed E-state index contributed by atoms with van der Waals surface area (Å²) in [5.41, 5.74) is -0.237. The molecule has 0 spiro atoms. The number of nitrogens with one attached hydrogen (secondary N) is 1. The fourth-order valence-corrected chi connectivity index (χ4v) is 2.35. The van der Waals surface area contributed by atoms with Gasteiger partial charge < -0.3 is 5.32 Å². The molecule has 3 rings (SSSR count). The third-order valence-electron chi connectivity index (χ3n) is 3.33. The lowest BCUT2D eigenvalue weighted by Gasteiger charge is -2.10. The van der Waals surface area contributed by atoms with Gasteiger partial charge in [0.05, 0.1) is 11.3 Å². The summed E-state index contributed by atoms with van der Waals surface area (Å²) in [7, 11) is 0. The van der Waals surface area contributed by atoms with Crippen LogP contribution in [-0.2, 0) is 11.0 Å². The molecule has 1 aliphatic heterocycles. The lowest BCUT2D eigenvalue weighted by molar-refractivity contribution is -0.137. The third-order valence-corrected chi connectivity index (χ3v) is 3.33. The number of carbonyl (C=O) groups excluding carboxylic acids is 1. The minimum atomic E-state index is -4.52. The molecular formula is C16H9F4NO. The fourth-order valence-electron chi connectivity index (χ4n) is 2.35. The predicted molar refractivity (Wildman–Crippen MR) is 74.3 cm³/mol. The molecule has 6 heteroatoms. The van der Waals surface area contributed by atoms with Crippen molar-refractivity contribution in [3.63, 3.8) is 0 Å². The maximum absolute atomic E-state index is 13.1. The molecule has 1 amide bonds. The zero-order valence-corrected chi connectivity index (χ0v) is 11.0. The van der Waals surface area contributed by atoms with Gasteiger partial charge in [-0.25, -0.2) is 4.39 Å². The second-order valence-electron chi connectivity index (χ2n) is 4.79. The van der Waals surface area contributed by atoms with Crippen molar-refractivity contribution in [2.75, 3.05) is 5.32 Å². The SMILES string of the molecule is O=C1Nc2cc(F)ccc2C1=Cc1ccccc1C(F)(F)F. The molecule has 2 aromatic rings. The minimum Gasteiger partial charge on any atom is -0.321 e. The van der Waals surface area contributed by atoms with Crippen LogP contribution in [0.1, 0.15) is 16.7 Å². The summed E-state index contributed by atoms with van der Waals surface area (Å²) in [4.78, 5) is 11.9. The molecule has 112 valence electrons. The summed E-state index contributed by atoms with van der Waals surface area (Å²) in [6.45, 7) is 0. The summed E-state index contributed by atoms with van der Waals surface area (Å²) in [6.07, 6.45) is -3.35. The molecule has 0 saturated heterocycles. The number of alkyl halides is 3. The Morgan fingerprint density at radius 3 is 2.50 bits per heavy atom. The van der Waals surface area contributed by atoms with Gasteiger partial charge in [0.2, 0.25) is 0 Å². The van der Waals surface area contributed by atoms with Crippen molar-refractivity contribution in [3.05, 3.63) is 65.0 Å². The molecule has 2 nitrogen and oxygen atoms in total. The van der Waals surface area contributed by atoms with Crippen molar-refractivity contribution >= 4 is 23.2 Å². The summed E-state index contributed by atoms with van der Waals surface area (Å²) in [6, 6.07) is 8.62. The number of amides is 1. The van der Waals surface area contributed by atoms with Crippen LogP contribution < -0.4 is 5.32 Å². The highest BCUT2D eigenvalue weighted by molar-refractivity contribution is 6.34. The molecule has 0 fully saturated rings. The van der Waals surface area contributed by atoms with E-state index >= 15 is 0 Å². The Hall–Kier alpha value is -2.63. The van der Waals surface area contributed by atoms with E-state index in [2.05, 4.69) is 5.32 Å². The normalized spacial score (nSPS) is 15.8. The Bertz CT molecular complexity index is 793. The first kappa shape index (κ1) is 14.3. The highest BCUT2D eigenvalue weighted by atomic mass is 19.4. The number of fused-ring (bicyclic) bond motifs is 1. The van der Waals surface area contributed by atoms with Gasteiger partial charge in [0.15, 0.2) is 0 Å². The average molecular weight is 307 g/mol. The van der Waals surface area contributed by atoms with Gasteiger partial charge in [-0.2, -0.15) is 13.2 Å². The molecule has 0 atom stereocenters. The molecule has 1 N–H and O–H groups in total. The molecule has 0 bridgehead atoms. The third kappa shape index (κ3) is 2.47. The van der Waals surface area contributed by atoms with Crippen molar-refractivity contribution in [2.45, 2.75) is 6.18 Å². The number of anilines is 1. The van der Waals surface area contributed by atoms with Crippen LogP contribution in [0.25, 0.3) is 11.6 Å². The Morgan fingerprint density at radius 1 is 1.05 bits per heavy atom. The van der Waals surface area contributed by atoms with E-state index in [4.69, 9.17) is 0 Å². The van der Waals surface area contributed by atoms with Crippen LogP contribution in [-0.4, -0.2) is 5.91 Å². The molecule has 0 radical (unpaired) electrons. The maximum atomic E-state index is 13.1. The van der Waals surface area contributed by atoms with E-state index in [0.29, 0.717) is 5.56 Å². The van der Waals surface area contributed by atoms with Gasteiger partial charge in [0, 0.05) is 11.1 Å². The minimum absolute atomic E-state index is 0.0756. The molecule has 0 aliphatic carbocycles. The van der Waals surface area contributed by atoms with Gasteiger partial charge in [0.1, 0.15) is 5.82 Å². The lowest BCUT2D eigenvalue weighted by atomic mass is 10.0. The van der Waals surface area contributed by atoms with Crippen molar-refractivity contribution in [2.24, 2.45) is 0 Å². The standard InChI is InChI=1S/C16H9F4NO/c17-10-5-6-11-12(15(22)21-14(11)8-10)7-9-3-1-2-4-13(9)16(18,19)20/h1-8H,(H,21,22). The van der Waals surface area contributed by atoms with E-state index in [1.807, 2.05) is 0 Å². The largest absolute Gasteiger partial charge is 0.416 e. The smallest absolute Gasteiger partial charge is 0.321 e. The zero-order chi connectivity index (χ0) is 15.9. The molecule has 1 heterocycles. The van der Waals surface area contributed by atoms with Crippen LogP contribution in [0.3, 0.4) is 0 Å². The lowest BCUT2D eigenvalue weighted by Crippen LogP contribution is -2.08. The second-order valence-corrected chi connectivity index (χ2v) is 4.79. The summed E-state index contributed by atoms with van der Waals surface area (Å²) < 4.78 is 52.1. The first-order valence-corrected chi connectivity index (χ1v) is 6.35. The molecule has 2 aromatic carbocycles. The van der Waals surface area contributed by atoms with Gasteiger partial charge in [-0.3, -0.25) is 4.79 Å². The Balaban J connectivity index is 2.14. The molecule has 1 aliphatic rings. The van der Waals surface area contributed by atoms with Crippen LogP contribution in [0.2, 0.25) is 0 Å². The maximum Gasteiger partial charge on any atom is 0.416 e. The number of benzene rings is 2. The van der Waals surface area contributed by atoms with Crippen LogP contribution >= 0.6 is 0 Å². The van der Waals surface area contributed by atoms with Gasteiger partial charge in [-0.15, -0.1) is 0 Å². The highest BCUT2D eigenvalue weighted by Gasteiger charge is 2.33. The monoisotopic (exact) mass is 307 g/mol. The Morgan fingerprint density at radius 2 is 1.77 bits per heavy atom. The van der Waals surface area contributed by atoms with Gasteiger partial charge in [0.25, 0.3) is 5.91 Å². The van der Waals surface area contributed by atoms with E-state index in [1.54, 1.807) is 0 Å². The van der Waals surface area contributed by atoms with E-state index in [0.717, 1.165) is 18.2 Å². The average Bonchev–Trinajstić information content (AvgIpc) is 2.74. The van der Waals surface area contributed by atoms with Crippen LogP contribution in [0, 0.1) is 5.82 Å². The van der Waals surface area contributed by atoms with Crippen LogP contribution in [0.15, 0.2) is 42.5 Å². The number of carbonyl (C=O) groups is 1. The summed E-state index contributed by atoms with van der Waals surface area (Å²) >= 11 is 0. The zero-order valence-electron chi connectivity index (χ0n) is 11.0. The first-order chi connectivity index (χ1) is 10.4. The van der Waals surface area contributed by atoms with Crippen LogP contribution in [0.4, 0.5) is 23.2 Å². The Labute approximate surface area is 123 Å². The highest BCUT2D eigenvalue weighted by Crippen LogP contribution is 2.37. The fraction of sp³-hybridized carbons (Fsp3) is 0.0625. The van der Waals surface area contributed by atoms with Gasteiger partial charge in [-0.1, -0.05) is 18.2 Å². The second kappa shape index (κ2) is 4.98. The van der Waals surface area contributed by atoms with E-state index < -0.39 is 23.5 Å². The molecule has 22 heavy (non-hydrogen) atoms. The number of rotatable bonds is 1. The molecule has 0 saturated carbocycles. The quantitative estimate of drug-likeness (QED) is 0.616. The van der Waals surface area contributed by atoms with Crippen molar-refractivity contribution < 1.29 is 22.4 Å². The molecule has 0 aromatic heterocycles. The van der Waals surface area contributed by atoms with Crippen LogP contribution in [0.5, 0.6) is 0 Å². The van der Waals surface area contributed by atoms with Crippen molar-refractivity contribution in [1.29, 1.82) is 0 Å². The predicted octanol–water partition coefficient (Wildman–Crippen LogP) is 4.34. The topological polar surface area (TPSA) is 29.1 Å². The Kier molecular flexibility index (Phi) is 3.24. The molecular weight excluding hydrogens is 298 g/mol. The number of hydrogen-bond acceptors (Lipinski definition) is 1. The number of hydrogen-bond donors (Lipinski definition) is 1. The van der Waals surface area contributed by atoms with Gasteiger partial charge in [-0.05, 0) is 35.9 Å². The van der Waals surface area contributed by atoms with E-state index in [-0.39, 0.29) is 16.8 Å². The van der Waals surface area contributed by atoms with Crippen molar-refractivity contribution in [1.82, 2.24) is 0 Å². The summed E-state index contributed by atoms with van der Waals surface area (Å²) in [5.74, 6) is -1.09. The first-order valence-electron chi connectivity index (χ1n) is 6.35. The molecule has 0 unspecified atom stereocenters. The van der Waals surface area contributed by atoms with Gasteiger partial charge >= 0.3 is 6.18 Å². The summed E-state index contributed by atoms with van der Waals surface area (Å²) in [5, 5.41) is 2.44. The van der Waals surface area contributed by atoms with Crippen molar-refractivity contribution in [3.8, 4) is 0 Å².